The first-order valence-electron chi connectivity index (χ1n) is 8.35. The largest absolute Gasteiger partial charge is 0.435 e. The fourth-order valence-corrected chi connectivity index (χ4v) is 3.77. The second-order valence-corrected chi connectivity index (χ2v) is 8.03. The van der Waals surface area contributed by atoms with Crippen molar-refractivity contribution in [2.75, 3.05) is 0 Å². The van der Waals surface area contributed by atoms with E-state index in [1.54, 1.807) is 24.3 Å². The van der Waals surface area contributed by atoms with Gasteiger partial charge in [-0.25, -0.2) is 18.2 Å². The zero-order valence-electron chi connectivity index (χ0n) is 14.7. The summed E-state index contributed by atoms with van der Waals surface area (Å²) in [6.07, 6.45) is -4.68. The molecule has 0 saturated carbocycles. The van der Waals surface area contributed by atoms with Crippen molar-refractivity contribution in [1.29, 1.82) is 0 Å². The molecular formula is C19H14F3N3O3S. The lowest BCUT2D eigenvalue weighted by molar-refractivity contribution is -0.140. The summed E-state index contributed by atoms with van der Waals surface area (Å²) in [5.41, 5.74) is 0.0481. The van der Waals surface area contributed by atoms with Crippen LogP contribution in [0.15, 0.2) is 59.5 Å². The topological polar surface area (TPSA) is 98.2 Å². The number of hydrogen-bond donors (Lipinski definition) is 2. The summed E-state index contributed by atoms with van der Waals surface area (Å²) in [4.78, 5) is -0.161. The van der Waals surface area contributed by atoms with E-state index in [2.05, 4.69) is 5.10 Å². The molecule has 0 aliphatic carbocycles. The number of primary sulfonamides is 1. The molecule has 0 bridgehead atoms. The van der Waals surface area contributed by atoms with Gasteiger partial charge in [-0.2, -0.15) is 18.3 Å². The van der Waals surface area contributed by atoms with Crippen molar-refractivity contribution in [3.8, 4) is 5.69 Å². The van der Waals surface area contributed by atoms with E-state index in [0.717, 1.165) is 4.68 Å². The lowest BCUT2D eigenvalue weighted by atomic mass is 10.0. The summed E-state index contributed by atoms with van der Waals surface area (Å²) < 4.78 is 64.8. The number of hydrogen-bond acceptors (Lipinski definition) is 4. The zero-order valence-corrected chi connectivity index (χ0v) is 15.5. The van der Waals surface area contributed by atoms with E-state index in [4.69, 9.17) is 5.14 Å². The molecule has 10 heteroatoms. The number of nitrogens with two attached hydrogens (primary N) is 1. The Morgan fingerprint density at radius 1 is 1.00 bits per heavy atom. The quantitative estimate of drug-likeness (QED) is 0.530. The minimum Gasteiger partial charge on any atom is -0.392 e. The van der Waals surface area contributed by atoms with Gasteiger partial charge in [0, 0.05) is 10.8 Å². The lowest BCUT2D eigenvalue weighted by Crippen LogP contribution is -2.12. The SMILES string of the molecule is NS(=O)(=O)c1ccc(-n2nc(C(F)(F)F)c3ccc4cc(CO)ccc4c32)cc1. The fraction of sp³-hybridized carbons (Fsp3) is 0.105. The molecule has 0 unspecified atom stereocenters. The number of rotatable bonds is 3. The summed E-state index contributed by atoms with van der Waals surface area (Å²) in [5, 5.41) is 19.2. The van der Waals surface area contributed by atoms with Gasteiger partial charge in [0.05, 0.1) is 22.7 Å². The van der Waals surface area contributed by atoms with Crippen molar-refractivity contribution < 1.29 is 26.7 Å². The molecule has 1 heterocycles. The van der Waals surface area contributed by atoms with Gasteiger partial charge >= 0.3 is 6.18 Å². The smallest absolute Gasteiger partial charge is 0.392 e. The van der Waals surface area contributed by atoms with Crippen molar-refractivity contribution in [2.45, 2.75) is 17.7 Å². The Bertz CT molecular complexity index is 1340. The molecule has 29 heavy (non-hydrogen) atoms. The van der Waals surface area contributed by atoms with Crippen LogP contribution in [0.5, 0.6) is 0 Å². The number of nitrogens with zero attached hydrogens (tertiary/aromatic N) is 2. The molecule has 0 radical (unpaired) electrons. The molecule has 4 rings (SSSR count). The summed E-state index contributed by atoms with van der Waals surface area (Å²) in [7, 11) is -3.94. The van der Waals surface area contributed by atoms with Gasteiger partial charge in [-0.15, -0.1) is 0 Å². The van der Waals surface area contributed by atoms with Crippen LogP contribution in [-0.4, -0.2) is 23.3 Å². The first-order valence-corrected chi connectivity index (χ1v) is 9.90. The number of fused-ring (bicyclic) bond motifs is 3. The van der Waals surface area contributed by atoms with E-state index >= 15 is 0 Å². The van der Waals surface area contributed by atoms with E-state index < -0.39 is 21.9 Å². The molecule has 0 spiro atoms. The zero-order chi connectivity index (χ0) is 21.0. The Hall–Kier alpha value is -2.95. The molecule has 0 aliphatic rings. The monoisotopic (exact) mass is 421 g/mol. The van der Waals surface area contributed by atoms with Crippen LogP contribution in [0.25, 0.3) is 27.4 Å². The first-order chi connectivity index (χ1) is 13.6. The van der Waals surface area contributed by atoms with Crippen LogP contribution in [0.1, 0.15) is 11.3 Å². The molecule has 1 aromatic heterocycles. The Labute approximate surface area is 163 Å². The average molecular weight is 421 g/mol. The van der Waals surface area contributed by atoms with Gasteiger partial charge in [0.1, 0.15) is 0 Å². The third kappa shape index (κ3) is 3.35. The summed E-state index contributed by atoms with van der Waals surface area (Å²) in [5.74, 6) is 0. The van der Waals surface area contributed by atoms with Crippen molar-refractivity contribution >= 4 is 31.7 Å². The van der Waals surface area contributed by atoms with E-state index in [1.807, 2.05) is 0 Å². The van der Waals surface area contributed by atoms with E-state index in [1.165, 1.54) is 30.3 Å². The Morgan fingerprint density at radius 3 is 2.24 bits per heavy atom. The summed E-state index contributed by atoms with van der Waals surface area (Å²) in [6, 6.07) is 12.9. The highest BCUT2D eigenvalue weighted by Crippen LogP contribution is 2.38. The van der Waals surface area contributed by atoms with Crippen molar-refractivity contribution in [1.82, 2.24) is 9.78 Å². The molecule has 6 nitrogen and oxygen atoms in total. The number of aromatic nitrogens is 2. The molecule has 150 valence electrons. The average Bonchev–Trinajstić information content (AvgIpc) is 3.07. The standard InChI is InChI=1S/C19H14F3N3O3S/c20-19(21,22)18-16-8-2-12-9-11(10-26)1-7-15(12)17(16)25(24-18)13-3-5-14(6-4-13)29(23,27)28/h1-9,26H,10H2,(H2,23,27,28). The van der Waals surface area contributed by atoms with Crippen LogP contribution in [0.2, 0.25) is 0 Å². The second-order valence-electron chi connectivity index (χ2n) is 6.47. The maximum Gasteiger partial charge on any atom is 0.435 e. The van der Waals surface area contributed by atoms with E-state index in [-0.39, 0.29) is 28.1 Å². The maximum absolute atomic E-state index is 13.6. The molecule has 0 amide bonds. The summed E-state index contributed by atoms with van der Waals surface area (Å²) in [6.45, 7) is -0.198. The van der Waals surface area contributed by atoms with Crippen LogP contribution in [0.4, 0.5) is 13.2 Å². The van der Waals surface area contributed by atoms with Crippen LogP contribution >= 0.6 is 0 Å². The van der Waals surface area contributed by atoms with Crippen molar-refractivity contribution in [3.05, 3.63) is 65.9 Å². The van der Waals surface area contributed by atoms with Crippen molar-refractivity contribution in [2.24, 2.45) is 5.14 Å². The van der Waals surface area contributed by atoms with Gasteiger partial charge in [-0.3, -0.25) is 0 Å². The van der Waals surface area contributed by atoms with Gasteiger partial charge in [0.15, 0.2) is 5.69 Å². The molecule has 0 fully saturated rings. The van der Waals surface area contributed by atoms with Gasteiger partial charge < -0.3 is 5.11 Å². The molecule has 0 aliphatic heterocycles. The number of aliphatic hydroxyl groups excluding tert-OH is 1. The van der Waals surface area contributed by atoms with E-state index in [0.29, 0.717) is 16.3 Å². The molecule has 0 atom stereocenters. The molecule has 3 aromatic carbocycles. The minimum absolute atomic E-state index is 0.0859. The summed E-state index contributed by atoms with van der Waals surface area (Å²) >= 11 is 0. The van der Waals surface area contributed by atoms with Gasteiger partial charge in [0.25, 0.3) is 0 Å². The van der Waals surface area contributed by atoms with Gasteiger partial charge in [-0.1, -0.05) is 18.2 Å². The first kappa shape index (κ1) is 19.4. The van der Waals surface area contributed by atoms with Crippen molar-refractivity contribution in [3.63, 3.8) is 0 Å². The van der Waals surface area contributed by atoms with E-state index in [9.17, 15) is 26.7 Å². The number of sulfonamides is 1. The highest BCUT2D eigenvalue weighted by Gasteiger charge is 2.37. The molecule has 0 saturated heterocycles. The lowest BCUT2D eigenvalue weighted by Gasteiger charge is -2.08. The molecule has 4 aromatic rings. The third-order valence-electron chi connectivity index (χ3n) is 4.58. The Kier molecular flexibility index (Phi) is 4.37. The minimum atomic E-state index is -4.68. The Balaban J connectivity index is 2.05. The number of alkyl halides is 3. The predicted octanol–water partition coefficient (Wildman–Crippen LogP) is 3.34. The highest BCUT2D eigenvalue weighted by atomic mass is 32.2. The fourth-order valence-electron chi connectivity index (χ4n) is 3.26. The second kappa shape index (κ2) is 6.55. The van der Waals surface area contributed by atoms with Crippen LogP contribution in [-0.2, 0) is 22.8 Å². The number of halogens is 3. The van der Waals surface area contributed by atoms with Crippen LogP contribution < -0.4 is 5.14 Å². The third-order valence-corrected chi connectivity index (χ3v) is 5.51. The van der Waals surface area contributed by atoms with Crippen LogP contribution in [0, 0.1) is 0 Å². The highest BCUT2D eigenvalue weighted by molar-refractivity contribution is 7.89. The van der Waals surface area contributed by atoms with Gasteiger partial charge in [0.2, 0.25) is 10.0 Å². The maximum atomic E-state index is 13.6. The Morgan fingerprint density at radius 2 is 1.66 bits per heavy atom. The number of benzene rings is 3. The predicted molar refractivity (Wildman–Crippen MR) is 101 cm³/mol. The molecule has 3 N–H and O–H groups in total. The van der Waals surface area contributed by atoms with Gasteiger partial charge in [-0.05, 0) is 47.3 Å². The number of aliphatic hydroxyl groups is 1. The normalized spacial score (nSPS) is 12.7. The molecular weight excluding hydrogens is 407 g/mol. The van der Waals surface area contributed by atoms with Crippen LogP contribution in [0.3, 0.4) is 0 Å².